The maximum atomic E-state index is 13.3. The van der Waals surface area contributed by atoms with Crippen molar-refractivity contribution in [2.24, 2.45) is 0 Å². The number of nitrogen functional groups attached to an aromatic ring is 1. The summed E-state index contributed by atoms with van der Waals surface area (Å²) in [6.07, 6.45) is 1.39. The number of hydrogen-bond donors (Lipinski definition) is 2. The highest BCUT2D eigenvalue weighted by Crippen LogP contribution is 2.21. The molecule has 0 heterocycles. The van der Waals surface area contributed by atoms with Gasteiger partial charge in [-0.3, -0.25) is 0 Å². The second-order valence-corrected chi connectivity index (χ2v) is 6.03. The first-order chi connectivity index (χ1) is 7.79. The van der Waals surface area contributed by atoms with Crippen LogP contribution in [0.3, 0.4) is 0 Å². The molecule has 4 nitrogen and oxygen atoms in total. The summed E-state index contributed by atoms with van der Waals surface area (Å²) in [4.78, 5) is 0. The van der Waals surface area contributed by atoms with Gasteiger partial charge in [-0.25, -0.2) is 17.2 Å². The molecule has 0 amide bonds. The fraction of sp³-hybridized carbons (Fsp3) is 0.400. The molecule has 0 aliphatic carbocycles. The summed E-state index contributed by atoms with van der Waals surface area (Å²) in [6.45, 7) is 0.171. The van der Waals surface area contributed by atoms with E-state index in [0.29, 0.717) is 0 Å². The molecule has 96 valence electrons. The number of nitrogens with one attached hydrogen (secondary N) is 1. The van der Waals surface area contributed by atoms with Crippen LogP contribution in [0.15, 0.2) is 12.1 Å². The molecular weight excluding hydrogens is 250 g/mol. The van der Waals surface area contributed by atoms with Gasteiger partial charge < -0.3 is 11.1 Å². The molecule has 0 aromatic heterocycles. The van der Waals surface area contributed by atoms with Crippen LogP contribution in [0, 0.1) is 11.6 Å². The van der Waals surface area contributed by atoms with Crippen molar-refractivity contribution in [2.45, 2.75) is 6.42 Å². The minimum atomic E-state index is -3.05. The second kappa shape index (κ2) is 5.31. The van der Waals surface area contributed by atoms with Crippen LogP contribution in [0.4, 0.5) is 20.2 Å². The molecule has 0 aliphatic rings. The third kappa shape index (κ3) is 4.56. The Morgan fingerprint density at radius 1 is 1.29 bits per heavy atom. The van der Waals surface area contributed by atoms with E-state index in [4.69, 9.17) is 5.73 Å². The van der Waals surface area contributed by atoms with Crippen LogP contribution in [0.5, 0.6) is 0 Å². The van der Waals surface area contributed by atoms with Gasteiger partial charge >= 0.3 is 0 Å². The van der Waals surface area contributed by atoms with Crippen molar-refractivity contribution in [1.29, 1.82) is 0 Å². The van der Waals surface area contributed by atoms with Crippen LogP contribution in [0.2, 0.25) is 0 Å². The van der Waals surface area contributed by atoms with Crippen LogP contribution in [0.25, 0.3) is 0 Å². The van der Waals surface area contributed by atoms with Crippen molar-refractivity contribution in [3.05, 3.63) is 23.8 Å². The second-order valence-electron chi connectivity index (χ2n) is 3.77. The molecule has 0 fully saturated rings. The number of nitrogens with two attached hydrogens (primary N) is 1. The highest BCUT2D eigenvalue weighted by atomic mass is 32.2. The fourth-order valence-corrected chi connectivity index (χ4v) is 1.98. The minimum Gasteiger partial charge on any atom is -0.399 e. The van der Waals surface area contributed by atoms with Crippen molar-refractivity contribution >= 4 is 21.2 Å². The maximum absolute atomic E-state index is 13.3. The lowest BCUT2D eigenvalue weighted by atomic mass is 10.2. The van der Waals surface area contributed by atoms with E-state index in [0.717, 1.165) is 18.4 Å². The largest absolute Gasteiger partial charge is 0.399 e. The van der Waals surface area contributed by atoms with E-state index in [9.17, 15) is 17.2 Å². The van der Waals surface area contributed by atoms with Gasteiger partial charge in [-0.05, 0) is 18.6 Å². The molecule has 1 rings (SSSR count). The van der Waals surface area contributed by atoms with E-state index in [1.54, 1.807) is 0 Å². The Balaban J connectivity index is 2.58. The zero-order chi connectivity index (χ0) is 13.1. The average Bonchev–Trinajstić information content (AvgIpc) is 2.13. The normalized spacial score (nSPS) is 11.5. The summed E-state index contributed by atoms with van der Waals surface area (Å²) < 4.78 is 48.2. The molecule has 1 aromatic rings. The van der Waals surface area contributed by atoms with Crippen molar-refractivity contribution < 1.29 is 17.2 Å². The predicted molar refractivity (Wildman–Crippen MR) is 63.6 cm³/mol. The number of anilines is 2. The topological polar surface area (TPSA) is 72.2 Å². The lowest BCUT2D eigenvalue weighted by Crippen LogP contribution is -2.11. The van der Waals surface area contributed by atoms with E-state index in [1.165, 1.54) is 0 Å². The molecule has 0 saturated heterocycles. The van der Waals surface area contributed by atoms with E-state index in [2.05, 4.69) is 5.32 Å². The molecular formula is C10H14F2N2O2S. The van der Waals surface area contributed by atoms with E-state index < -0.39 is 21.5 Å². The van der Waals surface area contributed by atoms with Crippen LogP contribution >= 0.6 is 0 Å². The SMILES string of the molecule is CS(=O)(=O)CCCNc1c(F)cc(N)cc1F. The Kier molecular flexibility index (Phi) is 4.28. The van der Waals surface area contributed by atoms with Crippen LogP contribution in [0.1, 0.15) is 6.42 Å². The zero-order valence-corrected chi connectivity index (χ0v) is 10.2. The quantitative estimate of drug-likeness (QED) is 0.622. The number of hydrogen-bond acceptors (Lipinski definition) is 4. The summed E-state index contributed by atoms with van der Waals surface area (Å²) in [7, 11) is -3.05. The van der Waals surface area contributed by atoms with E-state index in [-0.39, 0.29) is 30.1 Å². The van der Waals surface area contributed by atoms with Gasteiger partial charge in [0.25, 0.3) is 0 Å². The van der Waals surface area contributed by atoms with Crippen molar-refractivity contribution in [3.8, 4) is 0 Å². The summed E-state index contributed by atoms with van der Waals surface area (Å²) >= 11 is 0. The third-order valence-corrected chi connectivity index (χ3v) is 3.09. The first-order valence-corrected chi connectivity index (χ1v) is 7.02. The Morgan fingerprint density at radius 2 is 1.82 bits per heavy atom. The first-order valence-electron chi connectivity index (χ1n) is 4.96. The first kappa shape index (κ1) is 13.7. The zero-order valence-electron chi connectivity index (χ0n) is 9.33. The molecule has 0 saturated carbocycles. The lowest BCUT2D eigenvalue weighted by molar-refractivity contribution is 0.588. The molecule has 0 radical (unpaired) electrons. The van der Waals surface area contributed by atoms with Gasteiger partial charge in [0.1, 0.15) is 15.5 Å². The molecule has 17 heavy (non-hydrogen) atoms. The highest BCUT2D eigenvalue weighted by molar-refractivity contribution is 7.90. The highest BCUT2D eigenvalue weighted by Gasteiger charge is 2.10. The molecule has 0 spiro atoms. The van der Waals surface area contributed by atoms with Crippen molar-refractivity contribution in [1.82, 2.24) is 0 Å². The minimum absolute atomic E-state index is 0.00156. The number of sulfone groups is 1. The number of rotatable bonds is 5. The van der Waals surface area contributed by atoms with Crippen molar-refractivity contribution in [2.75, 3.05) is 29.6 Å². The average molecular weight is 264 g/mol. The van der Waals surface area contributed by atoms with Crippen LogP contribution in [-0.2, 0) is 9.84 Å². The van der Waals surface area contributed by atoms with Gasteiger partial charge in [-0.2, -0.15) is 0 Å². The van der Waals surface area contributed by atoms with E-state index >= 15 is 0 Å². The lowest BCUT2D eigenvalue weighted by Gasteiger charge is -2.09. The van der Waals surface area contributed by atoms with Crippen molar-refractivity contribution in [3.63, 3.8) is 0 Å². The summed E-state index contributed by atoms with van der Waals surface area (Å²) in [6, 6.07) is 2.00. The Hall–Kier alpha value is -1.37. The van der Waals surface area contributed by atoms with Crippen LogP contribution in [-0.4, -0.2) is 27.0 Å². The summed E-state index contributed by atoms with van der Waals surface area (Å²) in [5.41, 5.74) is 4.97. The maximum Gasteiger partial charge on any atom is 0.151 e. The Labute approximate surface area is 98.7 Å². The smallest absolute Gasteiger partial charge is 0.151 e. The number of benzene rings is 1. The van der Waals surface area contributed by atoms with Gasteiger partial charge in [0, 0.05) is 18.5 Å². The molecule has 1 aromatic carbocycles. The van der Waals surface area contributed by atoms with Gasteiger partial charge in [0.2, 0.25) is 0 Å². The molecule has 0 aliphatic heterocycles. The molecule has 0 bridgehead atoms. The third-order valence-electron chi connectivity index (χ3n) is 2.06. The van der Waals surface area contributed by atoms with E-state index in [1.807, 2.05) is 0 Å². The molecule has 0 atom stereocenters. The Morgan fingerprint density at radius 3 is 2.29 bits per heavy atom. The molecule has 3 N–H and O–H groups in total. The van der Waals surface area contributed by atoms with Gasteiger partial charge in [-0.1, -0.05) is 0 Å². The standard InChI is InChI=1S/C10H14F2N2O2S/c1-17(15,16)4-2-3-14-10-8(11)5-7(13)6-9(10)12/h5-6,14H,2-4,13H2,1H3. The fourth-order valence-electron chi connectivity index (χ4n) is 1.31. The van der Waals surface area contributed by atoms with Gasteiger partial charge in [-0.15, -0.1) is 0 Å². The monoisotopic (exact) mass is 264 g/mol. The van der Waals surface area contributed by atoms with Gasteiger partial charge in [0.05, 0.1) is 5.75 Å². The molecule has 0 unspecified atom stereocenters. The molecule has 7 heteroatoms. The predicted octanol–water partition coefficient (Wildman–Crippen LogP) is 1.39. The van der Waals surface area contributed by atoms with Gasteiger partial charge in [0.15, 0.2) is 11.6 Å². The van der Waals surface area contributed by atoms with Crippen LogP contribution < -0.4 is 11.1 Å². The summed E-state index contributed by atoms with van der Waals surface area (Å²) in [5, 5.41) is 2.51. The Bertz CT molecular complexity index is 480. The summed E-state index contributed by atoms with van der Waals surface area (Å²) in [5.74, 6) is -1.61. The number of halogens is 2.